The summed E-state index contributed by atoms with van der Waals surface area (Å²) in [5.41, 5.74) is -0.594. The van der Waals surface area contributed by atoms with Crippen LogP contribution in [0.4, 0.5) is 4.79 Å². The first kappa shape index (κ1) is 25.5. The van der Waals surface area contributed by atoms with Crippen molar-refractivity contribution < 1.29 is 19.1 Å². The predicted molar refractivity (Wildman–Crippen MR) is 136 cm³/mol. The summed E-state index contributed by atoms with van der Waals surface area (Å²) < 4.78 is 12.7. The van der Waals surface area contributed by atoms with Crippen LogP contribution in [0.25, 0.3) is 0 Å². The summed E-state index contributed by atoms with van der Waals surface area (Å²) in [6.45, 7) is 12.7. The van der Waals surface area contributed by atoms with Crippen LogP contribution in [0, 0.1) is 0 Å². The van der Waals surface area contributed by atoms with Crippen molar-refractivity contribution in [1.29, 1.82) is 0 Å². The van der Waals surface area contributed by atoms with Crippen LogP contribution in [-0.2, 0) is 9.16 Å². The number of rotatable bonds is 6. The second-order valence-corrected chi connectivity index (χ2v) is 15.2. The molecule has 0 unspecified atom stereocenters. The van der Waals surface area contributed by atoms with Gasteiger partial charge in [-0.15, -0.1) is 0 Å². The van der Waals surface area contributed by atoms with Crippen molar-refractivity contribution in [2.24, 2.45) is 0 Å². The fourth-order valence-corrected chi connectivity index (χ4v) is 9.50. The van der Waals surface area contributed by atoms with Gasteiger partial charge in [0.2, 0.25) is 0 Å². The van der Waals surface area contributed by atoms with E-state index in [1.54, 1.807) is 4.90 Å². The summed E-state index contributed by atoms with van der Waals surface area (Å²) in [6.07, 6.45) is 1.14. The van der Waals surface area contributed by atoms with E-state index in [1.807, 2.05) is 32.9 Å². The highest BCUT2D eigenvalue weighted by molar-refractivity contribution is 6.99. The molecule has 1 heterocycles. The molecule has 1 N–H and O–H groups in total. The first-order chi connectivity index (χ1) is 15.5. The van der Waals surface area contributed by atoms with E-state index >= 15 is 0 Å². The van der Waals surface area contributed by atoms with E-state index in [0.29, 0.717) is 6.61 Å². The fourth-order valence-electron chi connectivity index (χ4n) is 4.90. The number of ether oxygens (including phenoxy) is 1. The zero-order chi connectivity index (χ0) is 24.3. The molecular formula is C27H39NO4Si. The topological polar surface area (TPSA) is 59.0 Å². The minimum atomic E-state index is -2.70. The van der Waals surface area contributed by atoms with Gasteiger partial charge in [0.05, 0.1) is 25.3 Å². The zero-order valence-corrected chi connectivity index (χ0v) is 21.9. The molecule has 1 fully saturated rings. The lowest BCUT2D eigenvalue weighted by molar-refractivity contribution is 0.00406. The summed E-state index contributed by atoms with van der Waals surface area (Å²) in [6, 6.07) is 20.6. The summed E-state index contributed by atoms with van der Waals surface area (Å²) in [7, 11) is -2.70. The average Bonchev–Trinajstić information content (AvgIpc) is 3.17. The number of hydrogen-bond donors (Lipinski definition) is 1. The third kappa shape index (κ3) is 5.50. The summed E-state index contributed by atoms with van der Waals surface area (Å²) in [5, 5.41) is 12.2. The molecule has 5 nitrogen and oxygen atoms in total. The van der Waals surface area contributed by atoms with Gasteiger partial charge in [-0.3, -0.25) is 4.90 Å². The lowest BCUT2D eigenvalue weighted by Crippen LogP contribution is -2.67. The SMILES string of the molecule is CC(C)(C)OC(=O)N1[C@@H](CO)CC[C@H]1CO[Si](c1ccccc1)(c1ccccc1)C(C)(C)C. The minimum absolute atomic E-state index is 0.0744. The Labute approximate surface area is 199 Å². The smallest absolute Gasteiger partial charge is 0.410 e. The molecule has 2 atom stereocenters. The van der Waals surface area contributed by atoms with E-state index in [0.717, 1.165) is 12.8 Å². The molecule has 0 saturated carbocycles. The van der Waals surface area contributed by atoms with Gasteiger partial charge in [-0.25, -0.2) is 4.79 Å². The Bertz CT molecular complexity index is 866. The molecule has 0 aromatic heterocycles. The van der Waals surface area contributed by atoms with Crippen LogP contribution in [0.3, 0.4) is 0 Å². The molecule has 33 heavy (non-hydrogen) atoms. The van der Waals surface area contributed by atoms with Gasteiger partial charge in [-0.1, -0.05) is 81.4 Å². The van der Waals surface area contributed by atoms with E-state index in [1.165, 1.54) is 10.4 Å². The Kier molecular flexibility index (Phi) is 7.71. The minimum Gasteiger partial charge on any atom is -0.444 e. The number of carbonyl (C=O) groups excluding carboxylic acids is 1. The standard InChI is InChI=1S/C27H39NO4Si/c1-26(2,3)32-25(30)28-21(19-29)17-18-22(28)20-31-33(27(4,5)6,23-13-9-7-10-14-23)24-15-11-8-12-16-24/h7-16,21-22,29H,17-20H2,1-6H3/t21-,22+/m1/s1. The van der Waals surface area contributed by atoms with Crippen molar-refractivity contribution in [1.82, 2.24) is 4.90 Å². The van der Waals surface area contributed by atoms with Crippen LogP contribution in [0.2, 0.25) is 5.04 Å². The number of amides is 1. The maximum absolute atomic E-state index is 13.1. The Morgan fingerprint density at radius 1 is 0.909 bits per heavy atom. The number of carbonyl (C=O) groups is 1. The quantitative estimate of drug-likeness (QED) is 0.640. The molecule has 0 radical (unpaired) electrons. The van der Waals surface area contributed by atoms with E-state index in [-0.39, 0.29) is 29.8 Å². The molecule has 180 valence electrons. The van der Waals surface area contributed by atoms with Gasteiger partial charge in [-0.05, 0) is 49.0 Å². The Morgan fingerprint density at radius 3 is 1.82 bits per heavy atom. The Balaban J connectivity index is 1.98. The predicted octanol–water partition coefficient (Wildman–Crippen LogP) is 4.32. The number of nitrogens with zero attached hydrogens (tertiary/aromatic N) is 1. The number of likely N-dealkylation sites (tertiary alicyclic amines) is 1. The van der Waals surface area contributed by atoms with Crippen LogP contribution in [0.15, 0.2) is 60.7 Å². The van der Waals surface area contributed by atoms with Crippen molar-refractivity contribution in [2.45, 2.75) is 77.1 Å². The molecule has 6 heteroatoms. The van der Waals surface area contributed by atoms with Crippen molar-refractivity contribution >= 4 is 24.8 Å². The molecule has 1 saturated heterocycles. The summed E-state index contributed by atoms with van der Waals surface area (Å²) in [4.78, 5) is 14.8. The van der Waals surface area contributed by atoms with E-state index in [4.69, 9.17) is 9.16 Å². The van der Waals surface area contributed by atoms with Crippen LogP contribution in [0.1, 0.15) is 54.4 Å². The fraction of sp³-hybridized carbons (Fsp3) is 0.519. The van der Waals surface area contributed by atoms with Gasteiger partial charge >= 0.3 is 6.09 Å². The molecule has 3 rings (SSSR count). The highest BCUT2D eigenvalue weighted by atomic mass is 28.4. The molecule has 1 aliphatic heterocycles. The maximum atomic E-state index is 13.1. The van der Waals surface area contributed by atoms with Gasteiger partial charge < -0.3 is 14.3 Å². The molecule has 0 aliphatic carbocycles. The number of aliphatic hydroxyl groups is 1. The molecular weight excluding hydrogens is 430 g/mol. The number of hydrogen-bond acceptors (Lipinski definition) is 4. The number of benzene rings is 2. The van der Waals surface area contributed by atoms with Gasteiger partial charge in [0.25, 0.3) is 8.32 Å². The van der Waals surface area contributed by atoms with Crippen molar-refractivity contribution in [2.75, 3.05) is 13.2 Å². The van der Waals surface area contributed by atoms with Crippen molar-refractivity contribution in [3.05, 3.63) is 60.7 Å². The summed E-state index contributed by atoms with van der Waals surface area (Å²) >= 11 is 0. The maximum Gasteiger partial charge on any atom is 0.410 e. The highest BCUT2D eigenvalue weighted by Crippen LogP contribution is 2.38. The number of aliphatic hydroxyl groups excluding tert-OH is 1. The van der Waals surface area contributed by atoms with E-state index < -0.39 is 13.9 Å². The third-order valence-corrected chi connectivity index (χ3v) is 11.3. The van der Waals surface area contributed by atoms with E-state index in [2.05, 4.69) is 69.3 Å². The van der Waals surface area contributed by atoms with E-state index in [9.17, 15) is 9.90 Å². The van der Waals surface area contributed by atoms with Crippen LogP contribution in [-0.4, -0.2) is 55.3 Å². The average molecular weight is 470 g/mol. The van der Waals surface area contributed by atoms with Gasteiger partial charge in [0.15, 0.2) is 0 Å². The molecule has 2 aromatic rings. The zero-order valence-electron chi connectivity index (χ0n) is 20.9. The van der Waals surface area contributed by atoms with Crippen molar-refractivity contribution in [3.8, 4) is 0 Å². The van der Waals surface area contributed by atoms with Crippen LogP contribution >= 0.6 is 0 Å². The largest absolute Gasteiger partial charge is 0.444 e. The Morgan fingerprint density at radius 2 is 1.39 bits per heavy atom. The second-order valence-electron chi connectivity index (χ2n) is 10.9. The monoisotopic (exact) mass is 469 g/mol. The molecule has 1 aliphatic rings. The second kappa shape index (κ2) is 10.00. The van der Waals surface area contributed by atoms with Crippen LogP contribution in [0.5, 0.6) is 0 Å². The lowest BCUT2D eigenvalue weighted by atomic mass is 10.2. The Hall–Kier alpha value is -2.15. The molecule has 0 bridgehead atoms. The normalized spacial score (nSPS) is 19.5. The van der Waals surface area contributed by atoms with Crippen molar-refractivity contribution in [3.63, 3.8) is 0 Å². The first-order valence-corrected chi connectivity index (χ1v) is 13.8. The van der Waals surface area contributed by atoms with Gasteiger partial charge in [-0.2, -0.15) is 0 Å². The molecule has 2 aromatic carbocycles. The van der Waals surface area contributed by atoms with Gasteiger partial charge in [0, 0.05) is 0 Å². The molecule has 1 amide bonds. The first-order valence-electron chi connectivity index (χ1n) is 11.9. The molecule has 0 spiro atoms. The third-order valence-electron chi connectivity index (χ3n) is 6.34. The summed E-state index contributed by atoms with van der Waals surface area (Å²) in [5.74, 6) is 0. The van der Waals surface area contributed by atoms with Crippen LogP contribution < -0.4 is 10.4 Å². The highest BCUT2D eigenvalue weighted by Gasteiger charge is 2.51. The van der Waals surface area contributed by atoms with Gasteiger partial charge in [0.1, 0.15) is 5.60 Å². The lowest BCUT2D eigenvalue weighted by Gasteiger charge is -2.44.